The number of aromatic amines is 1. The summed E-state index contributed by atoms with van der Waals surface area (Å²) in [6.07, 6.45) is 6.34. The SMILES string of the molecule is CC(=O)c1ccc(C2CC2Oc2cc(OCc3nccn3C)cc(-c3nc4ncccc4[nH]3)c2)cc1. The molecule has 1 aliphatic rings. The monoisotopic (exact) mass is 479 g/mol. The summed E-state index contributed by atoms with van der Waals surface area (Å²) in [5.41, 5.74) is 4.27. The Balaban J connectivity index is 1.26. The number of benzene rings is 2. The van der Waals surface area contributed by atoms with Crippen LogP contribution in [0.2, 0.25) is 0 Å². The van der Waals surface area contributed by atoms with Gasteiger partial charge in [0.2, 0.25) is 0 Å². The number of fused-ring (bicyclic) bond motifs is 1. The summed E-state index contributed by atoms with van der Waals surface area (Å²) in [5, 5.41) is 0. The molecule has 8 heteroatoms. The molecule has 1 saturated carbocycles. The van der Waals surface area contributed by atoms with Crippen molar-refractivity contribution in [2.45, 2.75) is 32.0 Å². The molecule has 2 unspecified atom stereocenters. The fourth-order valence-electron chi connectivity index (χ4n) is 4.32. The van der Waals surface area contributed by atoms with Crippen molar-refractivity contribution >= 4 is 16.9 Å². The number of nitrogens with one attached hydrogen (secondary N) is 1. The maximum absolute atomic E-state index is 11.6. The highest BCUT2D eigenvalue weighted by atomic mass is 16.5. The van der Waals surface area contributed by atoms with E-state index in [1.54, 1.807) is 19.3 Å². The minimum absolute atomic E-state index is 0.0585. The number of nitrogens with zero attached hydrogens (tertiary/aromatic N) is 4. The van der Waals surface area contributed by atoms with Gasteiger partial charge in [0, 0.05) is 48.7 Å². The number of carbonyl (C=O) groups excluding carboxylic acids is 1. The Morgan fingerprint density at radius 1 is 1.08 bits per heavy atom. The smallest absolute Gasteiger partial charge is 0.178 e. The molecule has 0 radical (unpaired) electrons. The molecule has 1 aliphatic carbocycles. The van der Waals surface area contributed by atoms with Crippen LogP contribution in [0.4, 0.5) is 0 Å². The Hall–Kier alpha value is -4.46. The maximum atomic E-state index is 11.6. The summed E-state index contributed by atoms with van der Waals surface area (Å²) in [7, 11) is 1.94. The molecule has 0 aliphatic heterocycles. The third kappa shape index (κ3) is 4.45. The molecule has 180 valence electrons. The highest BCUT2D eigenvalue weighted by Gasteiger charge is 2.41. The number of imidazole rings is 2. The fraction of sp³-hybridized carbons (Fsp3) is 0.214. The highest BCUT2D eigenvalue weighted by molar-refractivity contribution is 5.94. The van der Waals surface area contributed by atoms with Crippen molar-refractivity contribution in [2.75, 3.05) is 0 Å². The Morgan fingerprint density at radius 2 is 1.92 bits per heavy atom. The first-order valence-corrected chi connectivity index (χ1v) is 11.9. The number of hydrogen-bond acceptors (Lipinski definition) is 6. The van der Waals surface area contributed by atoms with Crippen LogP contribution < -0.4 is 9.47 Å². The second-order valence-corrected chi connectivity index (χ2v) is 9.07. The lowest BCUT2D eigenvalue weighted by molar-refractivity contribution is 0.101. The average Bonchev–Trinajstić information content (AvgIpc) is 3.30. The molecule has 0 spiro atoms. The van der Waals surface area contributed by atoms with Gasteiger partial charge in [-0.2, -0.15) is 0 Å². The first-order chi connectivity index (χ1) is 17.5. The van der Waals surface area contributed by atoms with Gasteiger partial charge in [0.05, 0.1) is 5.52 Å². The van der Waals surface area contributed by atoms with Crippen LogP contribution in [-0.4, -0.2) is 36.4 Å². The van der Waals surface area contributed by atoms with Crippen molar-refractivity contribution in [3.8, 4) is 22.9 Å². The molecule has 36 heavy (non-hydrogen) atoms. The number of Topliss-reactive ketones (excluding diaryl/α,β-unsaturated/α-hetero) is 1. The van der Waals surface area contributed by atoms with E-state index >= 15 is 0 Å². The van der Waals surface area contributed by atoms with Crippen molar-refractivity contribution in [2.24, 2.45) is 7.05 Å². The lowest BCUT2D eigenvalue weighted by Gasteiger charge is -2.12. The molecule has 3 aromatic heterocycles. The molecule has 0 amide bonds. The Morgan fingerprint density at radius 3 is 2.67 bits per heavy atom. The van der Waals surface area contributed by atoms with E-state index in [1.807, 2.05) is 72.4 Å². The van der Waals surface area contributed by atoms with Crippen LogP contribution >= 0.6 is 0 Å². The van der Waals surface area contributed by atoms with Crippen LogP contribution in [0.5, 0.6) is 11.5 Å². The van der Waals surface area contributed by atoms with Crippen LogP contribution in [0.3, 0.4) is 0 Å². The predicted molar refractivity (Wildman–Crippen MR) is 135 cm³/mol. The molecule has 5 aromatic rings. The zero-order valence-corrected chi connectivity index (χ0v) is 20.0. The number of hydrogen-bond donors (Lipinski definition) is 1. The zero-order chi connectivity index (χ0) is 24.6. The van der Waals surface area contributed by atoms with Crippen LogP contribution in [-0.2, 0) is 13.7 Å². The van der Waals surface area contributed by atoms with Crippen LogP contribution in [0, 0.1) is 0 Å². The first kappa shape index (κ1) is 22.0. The van der Waals surface area contributed by atoms with Crippen molar-refractivity contribution in [3.05, 3.63) is 90.1 Å². The van der Waals surface area contributed by atoms with Gasteiger partial charge in [-0.1, -0.05) is 24.3 Å². The topological polar surface area (TPSA) is 94.9 Å². The van der Waals surface area contributed by atoms with E-state index < -0.39 is 0 Å². The highest BCUT2D eigenvalue weighted by Crippen LogP contribution is 2.44. The Bertz CT molecular complexity index is 1520. The quantitative estimate of drug-likeness (QED) is 0.312. The number of H-pyrrole nitrogens is 1. The van der Waals surface area contributed by atoms with Gasteiger partial charge in [0.15, 0.2) is 11.4 Å². The Labute approximate surface area is 208 Å². The molecule has 6 rings (SSSR count). The number of ether oxygens (including phenoxy) is 2. The summed E-state index contributed by atoms with van der Waals surface area (Å²) in [6.45, 7) is 1.92. The standard InChI is InChI=1S/C28H25N5O3/c1-17(34)18-5-7-19(8-6-18)23-15-25(23)36-22-13-20(27-31-24-4-3-9-30-28(24)32-27)12-21(14-22)35-16-26-29-10-11-33(26)2/h3-14,23,25H,15-16H2,1-2H3,(H,30,31,32). The number of pyridine rings is 1. The van der Waals surface area contributed by atoms with E-state index in [9.17, 15) is 4.79 Å². The van der Waals surface area contributed by atoms with Gasteiger partial charge in [0.1, 0.15) is 35.9 Å². The predicted octanol–water partition coefficient (Wildman–Crippen LogP) is 5.07. The largest absolute Gasteiger partial charge is 0.490 e. The normalized spacial score (nSPS) is 16.7. The first-order valence-electron chi connectivity index (χ1n) is 11.9. The minimum atomic E-state index is 0.0585. The second-order valence-electron chi connectivity index (χ2n) is 9.07. The van der Waals surface area contributed by atoms with Gasteiger partial charge in [-0.25, -0.2) is 15.0 Å². The molecule has 8 nitrogen and oxygen atoms in total. The molecular formula is C28H25N5O3. The van der Waals surface area contributed by atoms with E-state index in [-0.39, 0.29) is 11.9 Å². The van der Waals surface area contributed by atoms with Crippen molar-refractivity contribution < 1.29 is 14.3 Å². The molecule has 1 N–H and O–H groups in total. The number of rotatable bonds is 8. The van der Waals surface area contributed by atoms with E-state index in [2.05, 4.69) is 19.9 Å². The fourth-order valence-corrected chi connectivity index (χ4v) is 4.32. The van der Waals surface area contributed by atoms with E-state index in [4.69, 9.17) is 9.47 Å². The number of ketones is 1. The lowest BCUT2D eigenvalue weighted by Crippen LogP contribution is -2.04. The molecule has 1 fully saturated rings. The van der Waals surface area contributed by atoms with Gasteiger partial charge in [-0.15, -0.1) is 0 Å². The van der Waals surface area contributed by atoms with E-state index in [0.717, 1.165) is 28.9 Å². The van der Waals surface area contributed by atoms with Gasteiger partial charge in [-0.05, 0) is 43.2 Å². The minimum Gasteiger partial charge on any atom is -0.490 e. The summed E-state index contributed by atoms with van der Waals surface area (Å²) in [5.74, 6) is 3.27. The van der Waals surface area contributed by atoms with E-state index in [1.165, 1.54) is 5.56 Å². The van der Waals surface area contributed by atoms with Gasteiger partial charge < -0.3 is 19.0 Å². The van der Waals surface area contributed by atoms with Gasteiger partial charge in [0.25, 0.3) is 0 Å². The van der Waals surface area contributed by atoms with Crippen molar-refractivity contribution in [1.82, 2.24) is 24.5 Å². The molecule has 0 saturated heterocycles. The van der Waals surface area contributed by atoms with Gasteiger partial charge >= 0.3 is 0 Å². The van der Waals surface area contributed by atoms with Crippen LogP contribution in [0.1, 0.15) is 41.0 Å². The van der Waals surface area contributed by atoms with Crippen LogP contribution in [0.25, 0.3) is 22.6 Å². The molecule has 2 atom stereocenters. The summed E-state index contributed by atoms with van der Waals surface area (Å²) < 4.78 is 14.4. The number of carbonyl (C=O) groups is 1. The number of aromatic nitrogens is 5. The summed E-state index contributed by atoms with van der Waals surface area (Å²) in [4.78, 5) is 28.2. The third-order valence-corrected chi connectivity index (χ3v) is 6.46. The van der Waals surface area contributed by atoms with Gasteiger partial charge in [-0.3, -0.25) is 4.79 Å². The van der Waals surface area contributed by atoms with Crippen LogP contribution in [0.15, 0.2) is 73.2 Å². The van der Waals surface area contributed by atoms with Crippen molar-refractivity contribution in [1.29, 1.82) is 0 Å². The maximum Gasteiger partial charge on any atom is 0.178 e. The molecule has 2 aromatic carbocycles. The molecular weight excluding hydrogens is 454 g/mol. The lowest BCUT2D eigenvalue weighted by atomic mass is 10.1. The van der Waals surface area contributed by atoms with E-state index in [0.29, 0.717) is 35.5 Å². The average molecular weight is 480 g/mol. The zero-order valence-electron chi connectivity index (χ0n) is 20.0. The summed E-state index contributed by atoms with van der Waals surface area (Å²) in [6, 6.07) is 17.4. The molecule has 0 bridgehead atoms. The third-order valence-electron chi connectivity index (χ3n) is 6.46. The second kappa shape index (κ2) is 8.96. The molecule has 3 heterocycles. The Kier molecular flexibility index (Phi) is 5.48. The van der Waals surface area contributed by atoms with Crippen molar-refractivity contribution in [3.63, 3.8) is 0 Å². The number of aryl methyl sites for hydroxylation is 1. The summed E-state index contributed by atoms with van der Waals surface area (Å²) >= 11 is 0.